The fraction of sp³-hybridized carbons (Fsp3) is 0.467. The van der Waals surface area contributed by atoms with Crippen molar-refractivity contribution in [3.05, 3.63) is 29.3 Å². The van der Waals surface area contributed by atoms with Crippen LogP contribution in [0.3, 0.4) is 0 Å². The van der Waals surface area contributed by atoms with E-state index in [1.54, 1.807) is 32.0 Å². The number of ether oxygens (including phenoxy) is 1. The first-order valence-electron chi connectivity index (χ1n) is 6.89. The number of rotatable bonds is 3. The highest BCUT2D eigenvalue weighted by Gasteiger charge is 2.55. The molecule has 1 amide bonds. The molecule has 1 aliphatic heterocycles. The molecule has 0 bridgehead atoms. The van der Waals surface area contributed by atoms with E-state index >= 15 is 0 Å². The zero-order valence-electron chi connectivity index (χ0n) is 13.3. The first-order chi connectivity index (χ1) is 10.5. The van der Waals surface area contributed by atoms with Gasteiger partial charge in [0.15, 0.2) is 5.60 Å². The second-order valence-corrected chi connectivity index (χ2v) is 7.59. The van der Waals surface area contributed by atoms with Gasteiger partial charge >= 0.3 is 0 Å². The summed E-state index contributed by atoms with van der Waals surface area (Å²) >= 11 is 0. The topological polar surface area (TPSA) is 105 Å². The number of hydrogen-bond donors (Lipinski definition) is 1. The minimum absolute atomic E-state index is 0.0531. The van der Waals surface area contributed by atoms with Gasteiger partial charge in [0.05, 0.1) is 17.9 Å². The standard InChI is InChI=1S/C15H18N2O5S/c1-10(18)17-15(22-23(4,19)20)8-12-7-11(9-16)5-6-13(12)21-14(15,2)3/h5-7H,8H2,1-4H3,(H,17,18). The van der Waals surface area contributed by atoms with Crippen LogP contribution in [-0.2, 0) is 25.5 Å². The molecule has 1 aromatic rings. The van der Waals surface area contributed by atoms with E-state index in [4.69, 9.17) is 14.2 Å². The Kier molecular flexibility index (Phi) is 4.13. The summed E-state index contributed by atoms with van der Waals surface area (Å²) in [6.07, 6.45) is 0.964. The summed E-state index contributed by atoms with van der Waals surface area (Å²) < 4.78 is 34.6. The van der Waals surface area contributed by atoms with Crippen LogP contribution in [0, 0.1) is 11.3 Å². The van der Waals surface area contributed by atoms with E-state index in [0.717, 1.165) is 6.26 Å². The van der Waals surface area contributed by atoms with Crippen molar-refractivity contribution < 1.29 is 22.1 Å². The van der Waals surface area contributed by atoms with Gasteiger partial charge in [-0.3, -0.25) is 4.79 Å². The lowest BCUT2D eigenvalue weighted by Crippen LogP contribution is -2.68. The zero-order valence-corrected chi connectivity index (χ0v) is 14.2. The van der Waals surface area contributed by atoms with Crippen molar-refractivity contribution in [3.63, 3.8) is 0 Å². The molecule has 8 heteroatoms. The SMILES string of the molecule is CC(=O)NC1(OS(C)(=O)=O)Cc2cc(C#N)ccc2OC1(C)C. The zero-order chi connectivity index (χ0) is 17.5. The van der Waals surface area contributed by atoms with Crippen LogP contribution in [-0.4, -0.2) is 31.9 Å². The van der Waals surface area contributed by atoms with Crippen molar-refractivity contribution >= 4 is 16.0 Å². The number of benzene rings is 1. The third kappa shape index (κ3) is 3.46. The van der Waals surface area contributed by atoms with E-state index in [0.29, 0.717) is 16.9 Å². The maximum Gasteiger partial charge on any atom is 0.266 e. The van der Waals surface area contributed by atoms with Gasteiger partial charge in [-0.2, -0.15) is 13.7 Å². The monoisotopic (exact) mass is 338 g/mol. The Morgan fingerprint density at radius 3 is 2.61 bits per heavy atom. The molecule has 0 fully saturated rings. The minimum atomic E-state index is -3.88. The first kappa shape index (κ1) is 17.2. The van der Waals surface area contributed by atoms with Gasteiger partial charge in [-0.1, -0.05) is 0 Å². The average molecular weight is 338 g/mol. The Balaban J connectivity index is 2.60. The van der Waals surface area contributed by atoms with E-state index in [9.17, 15) is 13.2 Å². The molecule has 0 aliphatic carbocycles. The van der Waals surface area contributed by atoms with Crippen LogP contribution in [0.5, 0.6) is 5.75 Å². The third-order valence-corrected chi connectivity index (χ3v) is 4.23. The van der Waals surface area contributed by atoms with Crippen molar-refractivity contribution in [3.8, 4) is 11.8 Å². The highest BCUT2D eigenvalue weighted by atomic mass is 32.2. The van der Waals surface area contributed by atoms with Crippen LogP contribution in [0.25, 0.3) is 0 Å². The Labute approximate surface area is 135 Å². The fourth-order valence-corrected chi connectivity index (χ4v) is 3.43. The van der Waals surface area contributed by atoms with Gasteiger partial charge in [0.1, 0.15) is 5.75 Å². The lowest BCUT2D eigenvalue weighted by atomic mass is 9.84. The molecule has 0 aromatic heterocycles. The summed E-state index contributed by atoms with van der Waals surface area (Å²) in [7, 11) is -3.88. The number of carbonyl (C=O) groups excluding carboxylic acids is 1. The molecule has 0 spiro atoms. The lowest BCUT2D eigenvalue weighted by Gasteiger charge is -2.48. The molecule has 2 rings (SSSR count). The van der Waals surface area contributed by atoms with Crippen molar-refractivity contribution in [2.75, 3.05) is 6.26 Å². The molecule has 0 radical (unpaired) electrons. The second kappa shape index (κ2) is 5.51. The Bertz CT molecular complexity index is 795. The summed E-state index contributed by atoms with van der Waals surface area (Å²) in [6, 6.07) is 6.86. The summed E-state index contributed by atoms with van der Waals surface area (Å²) in [5.74, 6) is 0.0669. The van der Waals surface area contributed by atoms with Gasteiger partial charge in [0.25, 0.3) is 10.1 Å². The Morgan fingerprint density at radius 1 is 1.43 bits per heavy atom. The molecule has 124 valence electrons. The van der Waals surface area contributed by atoms with Crippen LogP contribution in [0.2, 0.25) is 0 Å². The molecule has 1 heterocycles. The number of nitrogens with zero attached hydrogens (tertiary/aromatic N) is 1. The van der Waals surface area contributed by atoms with Gasteiger partial charge in [0, 0.05) is 18.9 Å². The summed E-state index contributed by atoms with van der Waals surface area (Å²) in [5.41, 5.74) is -1.76. The predicted molar refractivity (Wildman–Crippen MR) is 82.0 cm³/mol. The van der Waals surface area contributed by atoms with E-state index in [1.807, 2.05) is 6.07 Å². The number of nitrogens with one attached hydrogen (secondary N) is 1. The van der Waals surface area contributed by atoms with Gasteiger partial charge in [-0.05, 0) is 32.0 Å². The van der Waals surface area contributed by atoms with Crippen LogP contribution >= 0.6 is 0 Å². The molecule has 1 aliphatic rings. The Hall–Kier alpha value is -2.11. The molecule has 1 atom stereocenters. The van der Waals surface area contributed by atoms with Gasteiger partial charge in [-0.25, -0.2) is 4.18 Å². The number of hydrogen-bond acceptors (Lipinski definition) is 6. The quantitative estimate of drug-likeness (QED) is 0.653. The fourth-order valence-electron chi connectivity index (χ4n) is 2.61. The maximum absolute atomic E-state index is 11.7. The normalized spacial score (nSPS) is 22.4. The highest BCUT2D eigenvalue weighted by molar-refractivity contribution is 7.86. The van der Waals surface area contributed by atoms with Crippen LogP contribution < -0.4 is 10.1 Å². The van der Waals surface area contributed by atoms with Gasteiger partial charge in [0.2, 0.25) is 11.6 Å². The second-order valence-electron chi connectivity index (χ2n) is 6.02. The van der Waals surface area contributed by atoms with Gasteiger partial charge in [-0.15, -0.1) is 0 Å². The van der Waals surface area contributed by atoms with Crippen LogP contribution in [0.1, 0.15) is 31.9 Å². The lowest BCUT2D eigenvalue weighted by molar-refractivity contribution is -0.148. The van der Waals surface area contributed by atoms with E-state index in [1.165, 1.54) is 6.92 Å². The Morgan fingerprint density at radius 2 is 2.09 bits per heavy atom. The summed E-state index contributed by atoms with van der Waals surface area (Å²) in [5, 5.41) is 11.6. The molecule has 1 aromatic carbocycles. The molecule has 7 nitrogen and oxygen atoms in total. The van der Waals surface area contributed by atoms with E-state index < -0.39 is 27.4 Å². The predicted octanol–water partition coefficient (Wildman–Crippen LogP) is 1.08. The largest absolute Gasteiger partial charge is 0.482 e. The molecular weight excluding hydrogens is 320 g/mol. The van der Waals surface area contributed by atoms with Crippen molar-refractivity contribution in [2.24, 2.45) is 0 Å². The third-order valence-electron chi connectivity index (χ3n) is 3.64. The molecule has 1 N–H and O–H groups in total. The maximum atomic E-state index is 11.7. The number of amides is 1. The molecule has 1 unspecified atom stereocenters. The minimum Gasteiger partial charge on any atom is -0.482 e. The number of carbonyl (C=O) groups is 1. The highest BCUT2D eigenvalue weighted by Crippen LogP contribution is 2.41. The van der Waals surface area contributed by atoms with Crippen LogP contribution in [0.4, 0.5) is 0 Å². The van der Waals surface area contributed by atoms with E-state index in [-0.39, 0.29) is 6.42 Å². The van der Waals surface area contributed by atoms with Crippen molar-refractivity contribution in [2.45, 2.75) is 38.5 Å². The number of nitriles is 1. The number of fused-ring (bicyclic) bond motifs is 1. The van der Waals surface area contributed by atoms with E-state index in [2.05, 4.69) is 5.32 Å². The molecule has 23 heavy (non-hydrogen) atoms. The molecular formula is C15H18N2O5S. The van der Waals surface area contributed by atoms with Crippen LogP contribution in [0.15, 0.2) is 18.2 Å². The summed E-state index contributed by atoms with van der Waals surface area (Å²) in [6.45, 7) is 4.54. The van der Waals surface area contributed by atoms with Crippen molar-refractivity contribution in [1.82, 2.24) is 5.32 Å². The van der Waals surface area contributed by atoms with Crippen molar-refractivity contribution in [1.29, 1.82) is 5.26 Å². The van der Waals surface area contributed by atoms with Gasteiger partial charge < -0.3 is 10.1 Å². The summed E-state index contributed by atoms with van der Waals surface area (Å²) in [4.78, 5) is 11.6. The molecule has 0 saturated heterocycles. The average Bonchev–Trinajstić information content (AvgIpc) is 2.36. The smallest absolute Gasteiger partial charge is 0.266 e. The molecule has 0 saturated carbocycles. The first-order valence-corrected chi connectivity index (χ1v) is 8.71.